The second-order valence-corrected chi connectivity index (χ2v) is 7.01. The molecule has 0 fully saturated rings. The van der Waals surface area contributed by atoms with Gasteiger partial charge in [-0.2, -0.15) is 13.2 Å². The van der Waals surface area contributed by atoms with Gasteiger partial charge in [-0.3, -0.25) is 4.79 Å². The highest BCUT2D eigenvalue weighted by Gasteiger charge is 2.30. The van der Waals surface area contributed by atoms with Gasteiger partial charge in [0.2, 0.25) is 5.89 Å². The average molecular weight is 414 g/mol. The number of hydrogen-bond donors (Lipinski definition) is 1. The molecule has 0 bridgehead atoms. The van der Waals surface area contributed by atoms with E-state index in [-0.39, 0.29) is 12.3 Å². The Balaban J connectivity index is 1.59. The minimum atomic E-state index is -4.39. The summed E-state index contributed by atoms with van der Waals surface area (Å²) in [4.78, 5) is 15.2. The van der Waals surface area contributed by atoms with E-state index in [1.165, 1.54) is 12.1 Å². The van der Waals surface area contributed by atoms with Crippen molar-refractivity contribution in [2.75, 3.05) is 0 Å². The Kier molecular flexibility index (Phi) is 4.85. The summed E-state index contributed by atoms with van der Waals surface area (Å²) in [6.45, 7) is 2.17. The summed E-state index contributed by atoms with van der Waals surface area (Å²) in [5.41, 5.74) is 2.02. The van der Waals surface area contributed by atoms with Gasteiger partial charge in [-0.1, -0.05) is 6.07 Å². The first kappa shape index (κ1) is 19.8. The van der Waals surface area contributed by atoms with Crippen molar-refractivity contribution in [1.29, 1.82) is 0 Å². The molecule has 5 nitrogen and oxygen atoms in total. The topological polar surface area (TPSA) is 68.3 Å². The normalized spacial score (nSPS) is 11.9. The van der Waals surface area contributed by atoms with E-state index in [9.17, 15) is 18.0 Å². The molecule has 0 spiro atoms. The van der Waals surface area contributed by atoms with Crippen LogP contribution < -0.4 is 0 Å². The molecule has 0 atom stereocenters. The van der Waals surface area contributed by atoms with Crippen LogP contribution in [0.1, 0.15) is 22.6 Å². The van der Waals surface area contributed by atoms with Crippen molar-refractivity contribution < 1.29 is 27.5 Å². The zero-order valence-electron chi connectivity index (χ0n) is 15.9. The summed E-state index contributed by atoms with van der Waals surface area (Å²) < 4.78 is 46.0. The highest BCUT2D eigenvalue weighted by Crippen LogP contribution is 2.31. The number of aliphatic carboxylic acids is 1. The molecule has 8 heteroatoms. The SMILES string of the molecule is Cc1nc(-c2ccc(C(F)(F)F)cc2)oc1Cn1ccc2cc(CC(=O)O)ccc21. The summed E-state index contributed by atoms with van der Waals surface area (Å²) in [7, 11) is 0. The van der Waals surface area contributed by atoms with E-state index < -0.39 is 17.7 Å². The molecule has 154 valence electrons. The van der Waals surface area contributed by atoms with Gasteiger partial charge < -0.3 is 14.1 Å². The lowest BCUT2D eigenvalue weighted by molar-refractivity contribution is -0.138. The number of hydrogen-bond acceptors (Lipinski definition) is 3. The Bertz CT molecular complexity index is 1220. The second-order valence-electron chi connectivity index (χ2n) is 7.01. The molecule has 0 amide bonds. The van der Waals surface area contributed by atoms with Crippen molar-refractivity contribution in [2.24, 2.45) is 0 Å². The maximum Gasteiger partial charge on any atom is 0.416 e. The van der Waals surface area contributed by atoms with Gasteiger partial charge in [0.05, 0.1) is 24.2 Å². The van der Waals surface area contributed by atoms with Crippen LogP contribution >= 0.6 is 0 Å². The first-order valence-electron chi connectivity index (χ1n) is 9.14. The predicted molar refractivity (Wildman–Crippen MR) is 104 cm³/mol. The smallest absolute Gasteiger partial charge is 0.416 e. The second kappa shape index (κ2) is 7.37. The van der Waals surface area contributed by atoms with Crippen LogP contribution in [0.2, 0.25) is 0 Å². The zero-order valence-corrected chi connectivity index (χ0v) is 15.9. The third kappa shape index (κ3) is 3.94. The molecule has 0 aliphatic rings. The lowest BCUT2D eigenvalue weighted by Gasteiger charge is -2.06. The molecule has 2 aromatic carbocycles. The minimum Gasteiger partial charge on any atom is -0.481 e. The van der Waals surface area contributed by atoms with Gasteiger partial charge >= 0.3 is 12.1 Å². The highest BCUT2D eigenvalue weighted by molar-refractivity contribution is 5.82. The van der Waals surface area contributed by atoms with Crippen molar-refractivity contribution in [1.82, 2.24) is 9.55 Å². The van der Waals surface area contributed by atoms with Gasteiger partial charge in [0.25, 0.3) is 0 Å². The lowest BCUT2D eigenvalue weighted by atomic mass is 10.1. The van der Waals surface area contributed by atoms with Crippen molar-refractivity contribution in [3.8, 4) is 11.5 Å². The maximum atomic E-state index is 12.7. The standard InChI is InChI=1S/C22H17F3N2O3/c1-13-19(30-21(26-13)15-3-5-17(6-4-15)22(23,24)25)12-27-9-8-16-10-14(11-20(28)29)2-7-18(16)27/h2-10H,11-12H2,1H3,(H,28,29). The monoisotopic (exact) mass is 414 g/mol. The molecule has 0 saturated heterocycles. The highest BCUT2D eigenvalue weighted by atomic mass is 19.4. The summed E-state index contributed by atoms with van der Waals surface area (Å²) in [5.74, 6) is -0.0321. The number of aromatic nitrogens is 2. The van der Waals surface area contributed by atoms with Crippen LogP contribution in [0.3, 0.4) is 0 Å². The van der Waals surface area contributed by atoms with E-state index in [1.54, 1.807) is 13.0 Å². The van der Waals surface area contributed by atoms with E-state index in [0.29, 0.717) is 29.1 Å². The number of benzene rings is 2. The Labute approximate surface area is 169 Å². The van der Waals surface area contributed by atoms with E-state index in [0.717, 1.165) is 23.0 Å². The predicted octanol–water partition coefficient (Wildman–Crippen LogP) is 5.30. The minimum absolute atomic E-state index is 0.0428. The van der Waals surface area contributed by atoms with Crippen molar-refractivity contribution in [3.05, 3.63) is 77.3 Å². The van der Waals surface area contributed by atoms with Gasteiger partial charge in [0.1, 0.15) is 5.76 Å². The number of aryl methyl sites for hydroxylation is 1. The van der Waals surface area contributed by atoms with Crippen LogP contribution in [0.4, 0.5) is 13.2 Å². The van der Waals surface area contributed by atoms with Crippen LogP contribution in [0.5, 0.6) is 0 Å². The largest absolute Gasteiger partial charge is 0.481 e. The van der Waals surface area contributed by atoms with E-state index in [4.69, 9.17) is 9.52 Å². The van der Waals surface area contributed by atoms with Gasteiger partial charge in [0.15, 0.2) is 0 Å². The fraction of sp³-hybridized carbons (Fsp3) is 0.182. The van der Waals surface area contributed by atoms with Crippen molar-refractivity contribution >= 4 is 16.9 Å². The molecule has 2 heterocycles. The number of fused-ring (bicyclic) bond motifs is 1. The van der Waals surface area contributed by atoms with Crippen LogP contribution in [-0.2, 0) is 23.9 Å². The number of halogens is 3. The van der Waals surface area contributed by atoms with E-state index >= 15 is 0 Å². The summed E-state index contributed by atoms with van der Waals surface area (Å²) in [6, 6.07) is 12.0. The van der Waals surface area contributed by atoms with Crippen LogP contribution in [0.15, 0.2) is 59.1 Å². The van der Waals surface area contributed by atoms with Gasteiger partial charge in [-0.25, -0.2) is 4.98 Å². The van der Waals surface area contributed by atoms with Crippen LogP contribution in [0.25, 0.3) is 22.4 Å². The number of alkyl halides is 3. The van der Waals surface area contributed by atoms with Gasteiger partial charge in [-0.15, -0.1) is 0 Å². The molecule has 4 aromatic rings. The molecule has 2 aromatic heterocycles. The third-order valence-electron chi connectivity index (χ3n) is 4.86. The number of carboxylic acid groups (broad SMARTS) is 1. The molecular formula is C22H17F3N2O3. The van der Waals surface area contributed by atoms with Gasteiger partial charge in [0, 0.05) is 17.3 Å². The Hall–Kier alpha value is -3.55. The third-order valence-corrected chi connectivity index (χ3v) is 4.86. The zero-order chi connectivity index (χ0) is 21.5. The van der Waals surface area contributed by atoms with Gasteiger partial charge in [-0.05, 0) is 60.3 Å². The number of carboxylic acids is 1. The molecule has 0 saturated carbocycles. The maximum absolute atomic E-state index is 12.7. The number of oxazole rings is 1. The molecule has 4 rings (SSSR count). The van der Waals surface area contributed by atoms with E-state index in [2.05, 4.69) is 4.98 Å². The van der Waals surface area contributed by atoms with Crippen LogP contribution in [0, 0.1) is 6.92 Å². The fourth-order valence-electron chi connectivity index (χ4n) is 3.33. The molecular weight excluding hydrogens is 397 g/mol. The van der Waals surface area contributed by atoms with Crippen molar-refractivity contribution in [2.45, 2.75) is 26.1 Å². The Morgan fingerprint density at radius 3 is 2.53 bits per heavy atom. The summed E-state index contributed by atoms with van der Waals surface area (Å²) in [6.07, 6.45) is -2.57. The van der Waals surface area contributed by atoms with Crippen molar-refractivity contribution in [3.63, 3.8) is 0 Å². The quantitative estimate of drug-likeness (QED) is 0.481. The number of nitrogens with zero attached hydrogens (tertiary/aromatic N) is 2. The lowest BCUT2D eigenvalue weighted by Crippen LogP contribution is -2.03. The summed E-state index contributed by atoms with van der Waals surface area (Å²) >= 11 is 0. The molecule has 0 aliphatic carbocycles. The molecule has 1 N–H and O–H groups in total. The number of carbonyl (C=O) groups is 1. The van der Waals surface area contributed by atoms with E-state index in [1.807, 2.05) is 29.0 Å². The molecule has 30 heavy (non-hydrogen) atoms. The number of rotatable bonds is 5. The average Bonchev–Trinajstić information content (AvgIpc) is 3.24. The fourth-order valence-corrected chi connectivity index (χ4v) is 3.33. The molecule has 0 aliphatic heterocycles. The first-order chi connectivity index (χ1) is 14.2. The molecule has 0 radical (unpaired) electrons. The van der Waals surface area contributed by atoms with Crippen LogP contribution in [-0.4, -0.2) is 20.6 Å². The Morgan fingerprint density at radius 2 is 1.87 bits per heavy atom. The summed E-state index contributed by atoms with van der Waals surface area (Å²) in [5, 5.41) is 9.85. The molecule has 0 unspecified atom stereocenters. The first-order valence-corrected chi connectivity index (χ1v) is 9.14. The Morgan fingerprint density at radius 1 is 1.13 bits per heavy atom.